The molecule has 0 unspecified atom stereocenters. The van der Waals surface area contributed by atoms with E-state index in [9.17, 15) is 0 Å². The van der Waals surface area contributed by atoms with Gasteiger partial charge < -0.3 is 5.73 Å². The van der Waals surface area contributed by atoms with Crippen molar-refractivity contribution in [2.24, 2.45) is 5.73 Å². The van der Waals surface area contributed by atoms with Crippen LogP contribution in [0.1, 0.15) is 43.1 Å². The number of nitrogens with one attached hydrogen (secondary N) is 2. The number of H-pyrrole nitrogens is 1. The number of aryl methyl sites for hydroxylation is 1. The molecule has 0 aromatic carbocycles. The third-order valence-corrected chi connectivity index (χ3v) is 2.30. The minimum absolute atomic E-state index is 0.236. The van der Waals surface area contributed by atoms with E-state index in [2.05, 4.69) is 24.0 Å². The average Bonchev–Trinajstić information content (AvgIpc) is 2.43. The van der Waals surface area contributed by atoms with E-state index in [1.165, 1.54) is 5.56 Å². The molecule has 0 spiro atoms. The number of amidine groups is 1. The maximum Gasteiger partial charge on any atom is 0.0908 e. The summed E-state index contributed by atoms with van der Waals surface area (Å²) >= 11 is 0. The Kier molecular flexibility index (Phi) is 3.28. The maximum atomic E-state index is 7.19. The Morgan fingerprint density at radius 1 is 1.57 bits per heavy atom. The summed E-state index contributed by atoms with van der Waals surface area (Å²) in [6.45, 7) is 6.24. The first kappa shape index (κ1) is 10.8. The second kappa shape index (κ2) is 4.26. The molecule has 0 fully saturated rings. The lowest BCUT2D eigenvalue weighted by molar-refractivity contribution is 0.793. The van der Waals surface area contributed by atoms with Gasteiger partial charge in [-0.05, 0) is 24.8 Å². The monoisotopic (exact) mass is 194 g/mol. The summed E-state index contributed by atoms with van der Waals surface area (Å²) in [5.74, 6) is 0.655. The van der Waals surface area contributed by atoms with Crippen molar-refractivity contribution in [2.75, 3.05) is 0 Å². The zero-order valence-corrected chi connectivity index (χ0v) is 9.02. The van der Waals surface area contributed by atoms with Crippen LogP contribution in [0.5, 0.6) is 0 Å². The van der Waals surface area contributed by atoms with Crippen LogP contribution in [0.25, 0.3) is 0 Å². The number of aromatic amines is 1. The Bertz CT molecular complexity index is 325. The molecule has 0 atom stereocenters. The van der Waals surface area contributed by atoms with Gasteiger partial charge in [-0.15, -0.1) is 0 Å². The third-order valence-electron chi connectivity index (χ3n) is 2.30. The molecule has 1 rings (SSSR count). The average molecular weight is 194 g/mol. The second-order valence-electron chi connectivity index (χ2n) is 3.89. The van der Waals surface area contributed by atoms with Crippen LogP contribution in [0.15, 0.2) is 0 Å². The van der Waals surface area contributed by atoms with Crippen molar-refractivity contribution in [1.82, 2.24) is 10.2 Å². The van der Waals surface area contributed by atoms with Crippen LogP contribution in [-0.4, -0.2) is 16.0 Å². The lowest BCUT2D eigenvalue weighted by Gasteiger charge is -2.05. The summed E-state index contributed by atoms with van der Waals surface area (Å²) in [5, 5.41) is 14.4. The molecule has 1 heterocycles. The van der Waals surface area contributed by atoms with Crippen LogP contribution in [0, 0.1) is 12.3 Å². The van der Waals surface area contributed by atoms with E-state index in [0.29, 0.717) is 12.3 Å². The Hall–Kier alpha value is -1.32. The first-order valence-electron chi connectivity index (χ1n) is 4.89. The highest BCUT2D eigenvalue weighted by atomic mass is 15.1. The highest BCUT2D eigenvalue weighted by molar-refractivity contribution is 5.77. The lowest BCUT2D eigenvalue weighted by Crippen LogP contribution is -2.11. The molecule has 4 N–H and O–H groups in total. The van der Waals surface area contributed by atoms with E-state index in [0.717, 1.165) is 17.8 Å². The van der Waals surface area contributed by atoms with Gasteiger partial charge in [0.25, 0.3) is 0 Å². The molecule has 0 amide bonds. The zero-order chi connectivity index (χ0) is 10.7. The minimum atomic E-state index is 0.236. The quantitative estimate of drug-likeness (QED) is 0.504. The molecule has 1 aromatic heterocycles. The highest BCUT2D eigenvalue weighted by Crippen LogP contribution is 2.20. The van der Waals surface area contributed by atoms with Crippen LogP contribution in [0.2, 0.25) is 0 Å². The van der Waals surface area contributed by atoms with E-state index in [-0.39, 0.29) is 5.84 Å². The molecule has 0 saturated carbocycles. The van der Waals surface area contributed by atoms with Crippen LogP contribution in [0.3, 0.4) is 0 Å². The molecule has 4 heteroatoms. The van der Waals surface area contributed by atoms with Crippen LogP contribution in [-0.2, 0) is 6.42 Å². The molecule has 0 aliphatic carbocycles. The molecule has 14 heavy (non-hydrogen) atoms. The van der Waals surface area contributed by atoms with Crippen molar-refractivity contribution in [3.63, 3.8) is 0 Å². The fourth-order valence-corrected chi connectivity index (χ4v) is 1.52. The Morgan fingerprint density at radius 2 is 2.21 bits per heavy atom. The van der Waals surface area contributed by atoms with Crippen molar-refractivity contribution in [2.45, 2.75) is 39.5 Å². The van der Waals surface area contributed by atoms with Gasteiger partial charge in [0.05, 0.1) is 11.5 Å². The first-order chi connectivity index (χ1) is 6.52. The standard InChI is InChI=1S/C10H18N4/c1-6(2)10-8(4-5-9(11)12)7(3)13-14-10/h6H,4-5H2,1-3H3,(H3,11,12)(H,13,14). The number of hydrogen-bond acceptors (Lipinski definition) is 2. The number of hydrogen-bond donors (Lipinski definition) is 3. The normalized spacial score (nSPS) is 10.9. The fraction of sp³-hybridized carbons (Fsp3) is 0.600. The number of aromatic nitrogens is 2. The maximum absolute atomic E-state index is 7.19. The van der Waals surface area contributed by atoms with Gasteiger partial charge in [-0.3, -0.25) is 10.5 Å². The molecule has 0 aliphatic heterocycles. The predicted molar refractivity (Wildman–Crippen MR) is 57.6 cm³/mol. The van der Waals surface area contributed by atoms with Crippen LogP contribution in [0.4, 0.5) is 0 Å². The van der Waals surface area contributed by atoms with E-state index in [1.807, 2.05) is 6.92 Å². The van der Waals surface area contributed by atoms with E-state index < -0.39 is 0 Å². The van der Waals surface area contributed by atoms with E-state index in [4.69, 9.17) is 11.1 Å². The smallest absolute Gasteiger partial charge is 0.0908 e. The molecular formula is C10H18N4. The van der Waals surface area contributed by atoms with Crippen molar-refractivity contribution >= 4 is 5.84 Å². The van der Waals surface area contributed by atoms with Crippen molar-refractivity contribution < 1.29 is 0 Å². The van der Waals surface area contributed by atoms with Gasteiger partial charge in [-0.1, -0.05) is 13.8 Å². The summed E-state index contributed by atoms with van der Waals surface area (Å²) in [5.41, 5.74) is 8.75. The summed E-state index contributed by atoms with van der Waals surface area (Å²) in [6, 6.07) is 0. The molecule has 0 aliphatic rings. The summed E-state index contributed by atoms with van der Waals surface area (Å²) in [6.07, 6.45) is 1.42. The summed E-state index contributed by atoms with van der Waals surface area (Å²) in [4.78, 5) is 0. The minimum Gasteiger partial charge on any atom is -0.388 e. The van der Waals surface area contributed by atoms with E-state index in [1.54, 1.807) is 0 Å². The number of nitrogens with two attached hydrogens (primary N) is 1. The number of nitrogens with zero attached hydrogens (tertiary/aromatic N) is 1. The molecule has 0 radical (unpaired) electrons. The topological polar surface area (TPSA) is 78.5 Å². The fourth-order valence-electron chi connectivity index (χ4n) is 1.52. The second-order valence-corrected chi connectivity index (χ2v) is 3.89. The molecule has 78 valence electrons. The molecule has 0 saturated heterocycles. The Labute approximate surface area is 84.4 Å². The molecule has 0 bridgehead atoms. The molecule has 1 aromatic rings. The lowest BCUT2D eigenvalue weighted by atomic mass is 10.0. The Morgan fingerprint density at radius 3 is 2.71 bits per heavy atom. The number of rotatable bonds is 4. The largest absolute Gasteiger partial charge is 0.388 e. The predicted octanol–water partition coefficient (Wildman–Crippen LogP) is 1.71. The van der Waals surface area contributed by atoms with Gasteiger partial charge >= 0.3 is 0 Å². The first-order valence-corrected chi connectivity index (χ1v) is 4.89. The van der Waals surface area contributed by atoms with Gasteiger partial charge in [0.2, 0.25) is 0 Å². The van der Waals surface area contributed by atoms with Gasteiger partial charge in [0.1, 0.15) is 0 Å². The SMILES string of the molecule is Cc1[nH]nc(C(C)C)c1CCC(=N)N. The summed E-state index contributed by atoms with van der Waals surface area (Å²) < 4.78 is 0. The summed E-state index contributed by atoms with van der Waals surface area (Å²) in [7, 11) is 0. The van der Waals surface area contributed by atoms with Gasteiger partial charge in [0, 0.05) is 12.1 Å². The highest BCUT2D eigenvalue weighted by Gasteiger charge is 2.12. The van der Waals surface area contributed by atoms with Gasteiger partial charge in [-0.25, -0.2) is 0 Å². The van der Waals surface area contributed by atoms with Gasteiger partial charge in [-0.2, -0.15) is 5.10 Å². The zero-order valence-electron chi connectivity index (χ0n) is 9.02. The van der Waals surface area contributed by atoms with Crippen molar-refractivity contribution in [3.8, 4) is 0 Å². The Balaban J connectivity index is 2.82. The third kappa shape index (κ3) is 2.34. The van der Waals surface area contributed by atoms with Crippen molar-refractivity contribution in [1.29, 1.82) is 5.41 Å². The van der Waals surface area contributed by atoms with Crippen molar-refractivity contribution in [3.05, 3.63) is 17.0 Å². The van der Waals surface area contributed by atoms with Gasteiger partial charge in [0.15, 0.2) is 0 Å². The van der Waals surface area contributed by atoms with E-state index >= 15 is 0 Å². The van der Waals surface area contributed by atoms with Crippen LogP contribution < -0.4 is 5.73 Å². The molecule has 4 nitrogen and oxygen atoms in total. The molecular weight excluding hydrogens is 176 g/mol. The van der Waals surface area contributed by atoms with Crippen LogP contribution >= 0.6 is 0 Å².